The molecule has 6 heteroatoms. The molecule has 0 radical (unpaired) electrons. The van der Waals surface area contributed by atoms with Gasteiger partial charge in [0.2, 0.25) is 11.8 Å². The van der Waals surface area contributed by atoms with Gasteiger partial charge in [-0.05, 0) is 33.1 Å². The minimum absolute atomic E-state index is 0.0317. The average Bonchev–Trinajstić information content (AvgIpc) is 2.71. The molecule has 0 bridgehead atoms. The lowest BCUT2D eigenvalue weighted by atomic mass is 9.98. The first-order valence-corrected chi connectivity index (χ1v) is 7.33. The molecule has 0 spiro atoms. The Bertz CT molecular complexity index is 531. The van der Waals surface area contributed by atoms with E-state index in [1.54, 1.807) is 11.8 Å². The monoisotopic (exact) mass is 293 g/mol. The van der Waals surface area contributed by atoms with Crippen molar-refractivity contribution >= 4 is 11.8 Å². The molecule has 0 saturated carbocycles. The van der Waals surface area contributed by atoms with Gasteiger partial charge in [-0.3, -0.25) is 9.59 Å². The van der Waals surface area contributed by atoms with Gasteiger partial charge >= 0.3 is 0 Å². The molecular formula is C15H23N3O3. The van der Waals surface area contributed by atoms with E-state index in [0.29, 0.717) is 24.6 Å². The summed E-state index contributed by atoms with van der Waals surface area (Å²) in [4.78, 5) is 26.3. The normalized spacial score (nSPS) is 22.9. The van der Waals surface area contributed by atoms with Crippen LogP contribution in [-0.4, -0.2) is 34.0 Å². The van der Waals surface area contributed by atoms with Gasteiger partial charge in [0, 0.05) is 5.56 Å². The van der Waals surface area contributed by atoms with Crippen molar-refractivity contribution < 1.29 is 14.1 Å². The van der Waals surface area contributed by atoms with Crippen LogP contribution in [-0.2, 0) is 16.1 Å². The molecule has 116 valence electrons. The summed E-state index contributed by atoms with van der Waals surface area (Å²) in [5, 5.41) is 6.72. The zero-order chi connectivity index (χ0) is 15.7. The fourth-order valence-electron chi connectivity index (χ4n) is 2.63. The van der Waals surface area contributed by atoms with E-state index in [4.69, 9.17) is 4.52 Å². The Kier molecular flexibility index (Phi) is 4.34. The van der Waals surface area contributed by atoms with Crippen molar-refractivity contribution in [3.63, 3.8) is 0 Å². The fraction of sp³-hybridized carbons (Fsp3) is 0.667. The van der Waals surface area contributed by atoms with Crippen molar-refractivity contribution in [2.75, 3.05) is 0 Å². The number of nitrogens with one attached hydrogen (secondary N) is 1. The molecule has 0 aliphatic carbocycles. The van der Waals surface area contributed by atoms with Crippen molar-refractivity contribution in [2.24, 2.45) is 5.92 Å². The zero-order valence-electron chi connectivity index (χ0n) is 13.3. The molecule has 1 fully saturated rings. The minimum Gasteiger partial charge on any atom is -0.361 e. The third kappa shape index (κ3) is 3.09. The molecule has 6 nitrogen and oxygen atoms in total. The summed E-state index contributed by atoms with van der Waals surface area (Å²) in [6.07, 6.45) is 0.648. The Morgan fingerprint density at radius 2 is 2.00 bits per heavy atom. The molecule has 2 unspecified atom stereocenters. The van der Waals surface area contributed by atoms with E-state index in [1.807, 2.05) is 27.7 Å². The first kappa shape index (κ1) is 15.5. The number of piperazine rings is 1. The Morgan fingerprint density at radius 3 is 2.52 bits per heavy atom. The number of aryl methyl sites for hydroxylation is 2. The maximum Gasteiger partial charge on any atom is 0.246 e. The second kappa shape index (κ2) is 5.87. The van der Waals surface area contributed by atoms with E-state index in [1.165, 1.54) is 0 Å². The molecular weight excluding hydrogens is 270 g/mol. The van der Waals surface area contributed by atoms with Crippen LogP contribution in [0.15, 0.2) is 4.52 Å². The van der Waals surface area contributed by atoms with Crippen molar-refractivity contribution in [3.8, 4) is 0 Å². The Hall–Kier alpha value is -1.85. The highest BCUT2D eigenvalue weighted by molar-refractivity contribution is 5.96. The van der Waals surface area contributed by atoms with Gasteiger partial charge in [0.1, 0.15) is 17.8 Å². The third-order valence-electron chi connectivity index (χ3n) is 3.96. The summed E-state index contributed by atoms with van der Waals surface area (Å²) in [7, 11) is 0. The Morgan fingerprint density at radius 1 is 1.33 bits per heavy atom. The van der Waals surface area contributed by atoms with Gasteiger partial charge in [-0.15, -0.1) is 0 Å². The fourth-order valence-corrected chi connectivity index (χ4v) is 2.63. The van der Waals surface area contributed by atoms with Gasteiger partial charge in [0.15, 0.2) is 0 Å². The van der Waals surface area contributed by atoms with Gasteiger partial charge in [-0.25, -0.2) is 0 Å². The van der Waals surface area contributed by atoms with Crippen molar-refractivity contribution in [3.05, 3.63) is 17.0 Å². The largest absolute Gasteiger partial charge is 0.361 e. The minimum atomic E-state index is -0.477. The number of rotatable bonds is 4. The molecule has 1 N–H and O–H groups in total. The summed E-state index contributed by atoms with van der Waals surface area (Å²) in [6.45, 7) is 9.85. The van der Waals surface area contributed by atoms with Crippen LogP contribution < -0.4 is 5.32 Å². The number of carbonyl (C=O) groups is 2. The molecule has 1 aromatic rings. The van der Waals surface area contributed by atoms with Crippen molar-refractivity contribution in [2.45, 2.75) is 59.7 Å². The SMILES string of the molecule is Cc1noc(C)c1CN1C(=O)C(CC(C)C)NC(=O)C1C. The van der Waals surface area contributed by atoms with Crippen LogP contribution in [0.5, 0.6) is 0 Å². The molecule has 1 aliphatic rings. The van der Waals surface area contributed by atoms with E-state index in [9.17, 15) is 9.59 Å². The zero-order valence-corrected chi connectivity index (χ0v) is 13.3. The summed E-state index contributed by atoms with van der Waals surface area (Å²) < 4.78 is 5.14. The van der Waals surface area contributed by atoms with E-state index >= 15 is 0 Å². The molecule has 1 aliphatic heterocycles. The summed E-state index contributed by atoms with van der Waals surface area (Å²) in [5.74, 6) is 0.898. The lowest BCUT2D eigenvalue weighted by Crippen LogP contribution is -2.62. The van der Waals surface area contributed by atoms with Gasteiger partial charge in [0.25, 0.3) is 0 Å². The number of hydrogen-bond donors (Lipinski definition) is 1. The first-order chi connectivity index (χ1) is 9.81. The predicted molar refractivity (Wildman–Crippen MR) is 77.4 cm³/mol. The van der Waals surface area contributed by atoms with E-state index in [0.717, 1.165) is 11.3 Å². The van der Waals surface area contributed by atoms with E-state index < -0.39 is 12.1 Å². The number of aromatic nitrogens is 1. The molecule has 1 saturated heterocycles. The molecule has 21 heavy (non-hydrogen) atoms. The lowest BCUT2D eigenvalue weighted by Gasteiger charge is -2.37. The quantitative estimate of drug-likeness (QED) is 0.914. The summed E-state index contributed by atoms with van der Waals surface area (Å²) >= 11 is 0. The second-order valence-corrected chi connectivity index (χ2v) is 6.14. The third-order valence-corrected chi connectivity index (χ3v) is 3.96. The smallest absolute Gasteiger partial charge is 0.246 e. The van der Waals surface area contributed by atoms with Crippen molar-refractivity contribution in [1.29, 1.82) is 0 Å². The first-order valence-electron chi connectivity index (χ1n) is 7.33. The Labute approximate surface area is 124 Å². The van der Waals surface area contributed by atoms with Crippen LogP contribution in [0.3, 0.4) is 0 Å². The van der Waals surface area contributed by atoms with Crippen LogP contribution in [0.25, 0.3) is 0 Å². The van der Waals surface area contributed by atoms with Gasteiger partial charge in [-0.1, -0.05) is 19.0 Å². The molecule has 0 aromatic carbocycles. The van der Waals surface area contributed by atoms with Crippen LogP contribution in [0.1, 0.15) is 44.2 Å². The molecule has 2 heterocycles. The Balaban J connectivity index is 2.23. The highest BCUT2D eigenvalue weighted by Gasteiger charge is 2.38. The van der Waals surface area contributed by atoms with Crippen LogP contribution in [0.4, 0.5) is 0 Å². The second-order valence-electron chi connectivity index (χ2n) is 6.14. The van der Waals surface area contributed by atoms with E-state index in [-0.39, 0.29) is 11.8 Å². The van der Waals surface area contributed by atoms with Gasteiger partial charge in [-0.2, -0.15) is 0 Å². The van der Waals surface area contributed by atoms with Crippen LogP contribution in [0.2, 0.25) is 0 Å². The number of amides is 2. The number of carbonyl (C=O) groups excluding carboxylic acids is 2. The molecule has 2 amide bonds. The molecule has 2 rings (SSSR count). The number of hydrogen-bond acceptors (Lipinski definition) is 4. The standard InChI is InChI=1S/C15H23N3O3/c1-8(2)6-13-15(20)18(10(4)14(19)16-13)7-12-9(3)17-21-11(12)5/h8,10,13H,6-7H2,1-5H3,(H,16,19). The van der Waals surface area contributed by atoms with Gasteiger partial charge in [0.05, 0.1) is 12.2 Å². The maximum atomic E-state index is 12.6. The van der Waals surface area contributed by atoms with Crippen molar-refractivity contribution in [1.82, 2.24) is 15.4 Å². The van der Waals surface area contributed by atoms with Crippen LogP contribution in [0, 0.1) is 19.8 Å². The average molecular weight is 293 g/mol. The van der Waals surface area contributed by atoms with Gasteiger partial charge < -0.3 is 14.7 Å². The lowest BCUT2D eigenvalue weighted by molar-refractivity contribution is -0.149. The summed E-state index contributed by atoms with van der Waals surface area (Å²) in [5.41, 5.74) is 1.65. The summed E-state index contributed by atoms with van der Waals surface area (Å²) in [6, 6.07) is -0.913. The van der Waals surface area contributed by atoms with Crippen LogP contribution >= 0.6 is 0 Å². The van der Waals surface area contributed by atoms with E-state index in [2.05, 4.69) is 10.5 Å². The topological polar surface area (TPSA) is 75.4 Å². The molecule has 2 atom stereocenters. The number of nitrogens with zero attached hydrogens (tertiary/aromatic N) is 2. The highest BCUT2D eigenvalue weighted by Crippen LogP contribution is 2.21. The highest BCUT2D eigenvalue weighted by atomic mass is 16.5. The maximum absolute atomic E-state index is 12.6. The predicted octanol–water partition coefficient (Wildman–Crippen LogP) is 1.55. The molecule has 1 aromatic heterocycles.